The van der Waals surface area contributed by atoms with Gasteiger partial charge in [0.2, 0.25) is 10.0 Å². The molecule has 4 rings (SSSR count). The number of hydrogen-bond acceptors (Lipinski definition) is 3. The van der Waals surface area contributed by atoms with Crippen molar-refractivity contribution in [2.75, 3.05) is 26.2 Å². The molecule has 32 heavy (non-hydrogen) atoms. The minimum absolute atomic E-state index is 0.0651. The average molecular weight is 461 g/mol. The molecule has 1 heterocycles. The van der Waals surface area contributed by atoms with Gasteiger partial charge < -0.3 is 0 Å². The van der Waals surface area contributed by atoms with Crippen molar-refractivity contribution in [3.63, 3.8) is 0 Å². The molecule has 0 aromatic heterocycles. The number of halogens is 3. The van der Waals surface area contributed by atoms with E-state index in [4.69, 9.17) is 0 Å². The van der Waals surface area contributed by atoms with Crippen molar-refractivity contribution in [3.8, 4) is 0 Å². The van der Waals surface area contributed by atoms with Gasteiger partial charge in [-0.25, -0.2) is 8.42 Å². The molecule has 0 bridgehead atoms. The Kier molecular flexibility index (Phi) is 6.37. The molecule has 4 nitrogen and oxygen atoms in total. The number of alkyl halides is 3. The normalized spacial score (nSPS) is 16.4. The summed E-state index contributed by atoms with van der Waals surface area (Å²) >= 11 is 0. The fourth-order valence-corrected chi connectivity index (χ4v) is 5.79. The van der Waals surface area contributed by atoms with Crippen LogP contribution in [0, 0.1) is 0 Å². The van der Waals surface area contributed by atoms with Crippen LogP contribution in [0.3, 0.4) is 0 Å². The second kappa shape index (κ2) is 9.05. The SMILES string of the molecule is O=S(=O)(c1ccccc1C(F)(F)F)N1CCN(C(c2ccccc2)c2ccccc2)CC1. The minimum Gasteiger partial charge on any atom is -0.290 e. The van der Waals surface area contributed by atoms with Crippen molar-refractivity contribution in [2.24, 2.45) is 0 Å². The van der Waals surface area contributed by atoms with E-state index < -0.39 is 26.7 Å². The van der Waals surface area contributed by atoms with Crippen LogP contribution in [-0.4, -0.2) is 43.8 Å². The zero-order chi connectivity index (χ0) is 22.8. The van der Waals surface area contributed by atoms with Crippen molar-refractivity contribution in [3.05, 3.63) is 102 Å². The van der Waals surface area contributed by atoms with Gasteiger partial charge >= 0.3 is 6.18 Å². The first kappa shape index (κ1) is 22.5. The van der Waals surface area contributed by atoms with Crippen molar-refractivity contribution < 1.29 is 21.6 Å². The van der Waals surface area contributed by atoms with Crippen LogP contribution in [0.15, 0.2) is 89.8 Å². The van der Waals surface area contributed by atoms with Crippen molar-refractivity contribution in [2.45, 2.75) is 17.1 Å². The van der Waals surface area contributed by atoms with Gasteiger partial charge in [0.1, 0.15) is 0 Å². The van der Waals surface area contributed by atoms with E-state index in [1.165, 1.54) is 12.1 Å². The summed E-state index contributed by atoms with van der Waals surface area (Å²) in [5.41, 5.74) is 1.03. The molecule has 0 spiro atoms. The summed E-state index contributed by atoms with van der Waals surface area (Å²) in [6, 6.07) is 24.1. The lowest BCUT2D eigenvalue weighted by Crippen LogP contribution is -2.50. The van der Waals surface area contributed by atoms with Crippen LogP contribution in [0.25, 0.3) is 0 Å². The molecule has 0 amide bonds. The second-order valence-electron chi connectivity index (χ2n) is 7.66. The summed E-state index contributed by atoms with van der Waals surface area (Å²) in [6.07, 6.45) is -4.74. The Hall–Kier alpha value is -2.68. The molecule has 8 heteroatoms. The Bertz CT molecular complexity index is 1110. The van der Waals surface area contributed by atoms with E-state index in [0.717, 1.165) is 27.6 Å². The predicted molar refractivity (Wildman–Crippen MR) is 117 cm³/mol. The summed E-state index contributed by atoms with van der Waals surface area (Å²) in [7, 11) is -4.27. The summed E-state index contributed by atoms with van der Waals surface area (Å²) in [4.78, 5) is 1.48. The Morgan fingerprint density at radius 3 is 1.66 bits per heavy atom. The first-order chi connectivity index (χ1) is 15.3. The fraction of sp³-hybridized carbons (Fsp3) is 0.250. The number of rotatable bonds is 5. The summed E-state index contributed by atoms with van der Waals surface area (Å²) in [6.45, 7) is 1.04. The largest absolute Gasteiger partial charge is 0.417 e. The van der Waals surface area contributed by atoms with Gasteiger partial charge in [-0.3, -0.25) is 4.90 Å². The minimum atomic E-state index is -4.74. The van der Waals surface area contributed by atoms with Gasteiger partial charge in [-0.2, -0.15) is 17.5 Å². The van der Waals surface area contributed by atoms with Gasteiger partial charge in [0.15, 0.2) is 0 Å². The molecule has 1 fully saturated rings. The summed E-state index contributed by atoms with van der Waals surface area (Å²) in [5, 5.41) is 0. The van der Waals surface area contributed by atoms with Crippen LogP contribution in [0.5, 0.6) is 0 Å². The fourth-order valence-electron chi connectivity index (χ4n) is 4.15. The number of benzene rings is 3. The monoisotopic (exact) mass is 460 g/mol. The molecule has 1 aliphatic rings. The van der Waals surface area contributed by atoms with Gasteiger partial charge in [0, 0.05) is 26.2 Å². The molecule has 168 valence electrons. The molecule has 1 saturated heterocycles. The van der Waals surface area contributed by atoms with E-state index in [2.05, 4.69) is 4.90 Å². The van der Waals surface area contributed by atoms with Gasteiger partial charge in [0.25, 0.3) is 0 Å². The predicted octanol–water partition coefficient (Wildman–Crippen LogP) is 4.80. The highest BCUT2D eigenvalue weighted by Gasteiger charge is 2.40. The first-order valence-corrected chi connectivity index (χ1v) is 11.7. The molecule has 0 atom stereocenters. The number of sulfonamides is 1. The van der Waals surface area contributed by atoms with Crippen LogP contribution in [0.4, 0.5) is 13.2 Å². The number of piperazine rings is 1. The Morgan fingerprint density at radius 2 is 1.16 bits per heavy atom. The lowest BCUT2D eigenvalue weighted by Gasteiger charge is -2.39. The lowest BCUT2D eigenvalue weighted by molar-refractivity contribution is -0.139. The van der Waals surface area contributed by atoms with E-state index in [1.807, 2.05) is 60.7 Å². The van der Waals surface area contributed by atoms with Gasteiger partial charge in [-0.1, -0.05) is 72.8 Å². The lowest BCUT2D eigenvalue weighted by atomic mass is 9.96. The maximum atomic E-state index is 13.4. The topological polar surface area (TPSA) is 40.6 Å². The van der Waals surface area contributed by atoms with E-state index in [1.54, 1.807) is 0 Å². The van der Waals surface area contributed by atoms with Crippen LogP contribution in [0.2, 0.25) is 0 Å². The Balaban J connectivity index is 1.58. The molecule has 0 saturated carbocycles. The molecule has 3 aromatic carbocycles. The van der Waals surface area contributed by atoms with Gasteiger partial charge in [0.05, 0.1) is 16.5 Å². The quantitative estimate of drug-likeness (QED) is 0.549. The third kappa shape index (κ3) is 4.57. The zero-order valence-electron chi connectivity index (χ0n) is 17.2. The highest BCUT2D eigenvalue weighted by molar-refractivity contribution is 7.89. The molecule has 1 aliphatic heterocycles. The van der Waals surface area contributed by atoms with Crippen LogP contribution in [-0.2, 0) is 16.2 Å². The second-order valence-corrected chi connectivity index (χ2v) is 9.56. The van der Waals surface area contributed by atoms with E-state index in [9.17, 15) is 21.6 Å². The van der Waals surface area contributed by atoms with Crippen LogP contribution < -0.4 is 0 Å². The molecule has 0 radical (unpaired) electrons. The smallest absolute Gasteiger partial charge is 0.290 e. The molecular weight excluding hydrogens is 437 g/mol. The van der Waals surface area contributed by atoms with Crippen molar-refractivity contribution >= 4 is 10.0 Å². The standard InChI is InChI=1S/C24H23F3N2O2S/c25-24(26,27)21-13-7-8-14-22(21)32(30,31)29-17-15-28(16-18-29)23(19-9-3-1-4-10-19)20-11-5-2-6-12-20/h1-14,23H,15-18H2. The molecule has 3 aromatic rings. The Labute approximate surface area is 186 Å². The number of nitrogens with zero attached hydrogens (tertiary/aromatic N) is 2. The zero-order valence-corrected chi connectivity index (χ0v) is 18.1. The average Bonchev–Trinajstić information content (AvgIpc) is 2.80. The highest BCUT2D eigenvalue weighted by Crippen LogP contribution is 2.36. The highest BCUT2D eigenvalue weighted by atomic mass is 32.2. The molecule has 0 unspecified atom stereocenters. The van der Waals surface area contributed by atoms with E-state index in [0.29, 0.717) is 13.1 Å². The Morgan fingerprint density at radius 1 is 0.688 bits per heavy atom. The van der Waals surface area contributed by atoms with Crippen molar-refractivity contribution in [1.29, 1.82) is 0 Å². The summed E-state index contributed by atoms with van der Waals surface area (Å²) in [5.74, 6) is 0. The third-order valence-corrected chi connectivity index (χ3v) is 7.64. The molecule has 0 aliphatic carbocycles. The van der Waals surface area contributed by atoms with Gasteiger partial charge in [-0.05, 0) is 23.3 Å². The maximum absolute atomic E-state index is 13.4. The van der Waals surface area contributed by atoms with Crippen LogP contribution >= 0.6 is 0 Å². The van der Waals surface area contributed by atoms with E-state index >= 15 is 0 Å². The van der Waals surface area contributed by atoms with Crippen LogP contribution in [0.1, 0.15) is 22.7 Å². The summed E-state index contributed by atoms with van der Waals surface area (Å²) < 4.78 is 67.5. The van der Waals surface area contributed by atoms with E-state index in [-0.39, 0.29) is 19.1 Å². The maximum Gasteiger partial charge on any atom is 0.417 e. The molecule has 0 N–H and O–H groups in total. The first-order valence-electron chi connectivity index (χ1n) is 10.3. The molecular formula is C24H23F3N2O2S. The third-order valence-electron chi connectivity index (χ3n) is 5.68. The van der Waals surface area contributed by atoms with Gasteiger partial charge in [-0.15, -0.1) is 0 Å². The van der Waals surface area contributed by atoms with Crippen molar-refractivity contribution in [1.82, 2.24) is 9.21 Å². The number of hydrogen-bond donors (Lipinski definition) is 0.